The molecule has 1 saturated heterocycles. The third kappa shape index (κ3) is 4.16. The quantitative estimate of drug-likeness (QED) is 0.660. The third-order valence-corrected chi connectivity index (χ3v) is 4.91. The molecule has 1 aromatic carbocycles. The largest absolute Gasteiger partial charge is 0.497 e. The highest BCUT2D eigenvalue weighted by molar-refractivity contribution is 5.92. The first kappa shape index (κ1) is 16.1. The summed E-state index contributed by atoms with van der Waals surface area (Å²) in [6, 6.07) is 7.65. The summed E-state index contributed by atoms with van der Waals surface area (Å²) in [4.78, 5) is 4.45. The van der Waals surface area contributed by atoms with Crippen molar-refractivity contribution in [2.45, 2.75) is 56.7 Å². The molecule has 3 N–H and O–H groups in total. The van der Waals surface area contributed by atoms with Gasteiger partial charge in [0.15, 0.2) is 5.96 Å². The number of rotatable bonds is 4. The Kier molecular flexibility index (Phi) is 5.06. The molecule has 5 nitrogen and oxygen atoms in total. The number of nitrogens with one attached hydrogen (secondary N) is 1. The fourth-order valence-electron chi connectivity index (χ4n) is 3.68. The number of hydrogen-bond donors (Lipinski definition) is 2. The van der Waals surface area contributed by atoms with Gasteiger partial charge in [0.05, 0.1) is 25.4 Å². The molecule has 2 aliphatic rings. The number of guanidine groups is 1. The zero-order valence-electron chi connectivity index (χ0n) is 13.9. The zero-order valence-corrected chi connectivity index (χ0v) is 13.9. The normalized spacial score (nSPS) is 23.9. The second-order valence-corrected chi connectivity index (χ2v) is 6.61. The van der Waals surface area contributed by atoms with Crippen LogP contribution in [0.5, 0.6) is 5.75 Å². The Morgan fingerprint density at radius 2 is 2.17 bits per heavy atom. The minimum absolute atomic E-state index is 0.146. The molecule has 0 radical (unpaired) electrons. The summed E-state index contributed by atoms with van der Waals surface area (Å²) in [6.45, 7) is 0.630. The van der Waals surface area contributed by atoms with Crippen LogP contribution in [0.25, 0.3) is 0 Å². The molecule has 0 bridgehead atoms. The van der Waals surface area contributed by atoms with Gasteiger partial charge in [-0.05, 0) is 37.8 Å². The van der Waals surface area contributed by atoms with Crippen LogP contribution in [0, 0.1) is 0 Å². The average Bonchev–Trinajstić information content (AvgIpc) is 2.96. The van der Waals surface area contributed by atoms with E-state index in [1.54, 1.807) is 7.11 Å². The highest BCUT2D eigenvalue weighted by atomic mass is 16.5. The standard InChI is InChI=1S/C18H27N3O2/c1-22-15-7-5-6-14(12-15)21-17(19)20-13-16-8-11-18(23-16)9-3-2-4-10-18/h5-7,12,16H,2-4,8-11,13H2,1H3,(H3,19,20,21). The van der Waals surface area contributed by atoms with Gasteiger partial charge in [0.2, 0.25) is 0 Å². The van der Waals surface area contributed by atoms with Crippen molar-refractivity contribution in [3.63, 3.8) is 0 Å². The molecule has 1 aliphatic carbocycles. The summed E-state index contributed by atoms with van der Waals surface area (Å²) in [5.41, 5.74) is 7.01. The van der Waals surface area contributed by atoms with E-state index in [4.69, 9.17) is 15.2 Å². The van der Waals surface area contributed by atoms with E-state index < -0.39 is 0 Å². The number of nitrogens with two attached hydrogens (primary N) is 1. The van der Waals surface area contributed by atoms with E-state index in [1.807, 2.05) is 24.3 Å². The van der Waals surface area contributed by atoms with Crippen molar-refractivity contribution >= 4 is 11.6 Å². The molecule has 5 heteroatoms. The fourth-order valence-corrected chi connectivity index (χ4v) is 3.68. The number of anilines is 1. The molecule has 1 saturated carbocycles. The van der Waals surface area contributed by atoms with Gasteiger partial charge >= 0.3 is 0 Å². The molecule has 3 rings (SSSR count). The van der Waals surface area contributed by atoms with Crippen LogP contribution in [-0.4, -0.2) is 31.3 Å². The average molecular weight is 317 g/mol. The zero-order chi connectivity index (χ0) is 16.1. The Hall–Kier alpha value is -1.75. The Morgan fingerprint density at radius 3 is 2.96 bits per heavy atom. The van der Waals surface area contributed by atoms with Gasteiger partial charge in [-0.15, -0.1) is 0 Å². The summed E-state index contributed by atoms with van der Waals surface area (Å²) in [6.07, 6.45) is 8.86. The summed E-state index contributed by atoms with van der Waals surface area (Å²) in [7, 11) is 1.65. The first-order chi connectivity index (χ1) is 11.2. The minimum Gasteiger partial charge on any atom is -0.497 e. The SMILES string of the molecule is COc1cccc(NC(N)=NCC2CCC3(CCCCC3)O2)c1. The lowest BCUT2D eigenvalue weighted by Gasteiger charge is -2.33. The highest BCUT2D eigenvalue weighted by Gasteiger charge is 2.40. The predicted molar refractivity (Wildman–Crippen MR) is 93.0 cm³/mol. The van der Waals surface area contributed by atoms with Crippen molar-refractivity contribution in [2.75, 3.05) is 19.0 Å². The van der Waals surface area contributed by atoms with Gasteiger partial charge < -0.3 is 20.5 Å². The first-order valence-corrected chi connectivity index (χ1v) is 8.58. The van der Waals surface area contributed by atoms with Crippen LogP contribution < -0.4 is 15.8 Å². The highest BCUT2D eigenvalue weighted by Crippen LogP contribution is 2.41. The summed E-state index contributed by atoms with van der Waals surface area (Å²) in [5.74, 6) is 1.22. The lowest BCUT2D eigenvalue weighted by molar-refractivity contribution is -0.0598. The van der Waals surface area contributed by atoms with Crippen LogP contribution in [0.15, 0.2) is 29.3 Å². The molecule has 1 unspecified atom stereocenters. The second kappa shape index (κ2) is 7.21. The van der Waals surface area contributed by atoms with Crippen molar-refractivity contribution in [2.24, 2.45) is 10.7 Å². The number of ether oxygens (including phenoxy) is 2. The van der Waals surface area contributed by atoms with Crippen LogP contribution in [0.1, 0.15) is 44.9 Å². The molecule has 1 aromatic rings. The van der Waals surface area contributed by atoms with Crippen molar-refractivity contribution in [1.29, 1.82) is 0 Å². The Bertz CT molecular complexity index is 553. The predicted octanol–water partition coefficient (Wildman–Crippen LogP) is 3.30. The van der Waals surface area contributed by atoms with Crippen LogP contribution in [0.3, 0.4) is 0 Å². The molecule has 1 heterocycles. The maximum Gasteiger partial charge on any atom is 0.193 e. The van der Waals surface area contributed by atoms with E-state index in [-0.39, 0.29) is 11.7 Å². The molecular formula is C18H27N3O2. The van der Waals surface area contributed by atoms with Gasteiger partial charge in [-0.25, -0.2) is 0 Å². The third-order valence-electron chi connectivity index (χ3n) is 4.91. The van der Waals surface area contributed by atoms with E-state index >= 15 is 0 Å². The molecular weight excluding hydrogens is 290 g/mol. The van der Waals surface area contributed by atoms with E-state index in [9.17, 15) is 0 Å². The van der Waals surface area contributed by atoms with Crippen LogP contribution in [0.4, 0.5) is 5.69 Å². The number of benzene rings is 1. The minimum atomic E-state index is 0.146. The molecule has 126 valence electrons. The lowest BCUT2D eigenvalue weighted by atomic mass is 9.83. The number of methoxy groups -OCH3 is 1. The Morgan fingerprint density at radius 1 is 1.35 bits per heavy atom. The van der Waals surface area contributed by atoms with E-state index in [0.29, 0.717) is 12.5 Å². The van der Waals surface area contributed by atoms with Crippen molar-refractivity contribution < 1.29 is 9.47 Å². The maximum atomic E-state index is 6.32. The molecule has 23 heavy (non-hydrogen) atoms. The van der Waals surface area contributed by atoms with Gasteiger partial charge in [0.1, 0.15) is 5.75 Å². The van der Waals surface area contributed by atoms with Crippen molar-refractivity contribution in [3.8, 4) is 5.75 Å². The summed E-state index contributed by atoms with van der Waals surface area (Å²) >= 11 is 0. The van der Waals surface area contributed by atoms with Gasteiger partial charge in [-0.3, -0.25) is 4.99 Å². The second-order valence-electron chi connectivity index (χ2n) is 6.61. The number of aliphatic imine (C=N–C) groups is 1. The monoisotopic (exact) mass is 317 g/mol. The summed E-state index contributed by atoms with van der Waals surface area (Å²) < 4.78 is 11.5. The number of hydrogen-bond acceptors (Lipinski definition) is 3. The van der Waals surface area contributed by atoms with Crippen molar-refractivity contribution in [3.05, 3.63) is 24.3 Å². The van der Waals surface area contributed by atoms with E-state index in [2.05, 4.69) is 10.3 Å². The molecule has 1 aliphatic heterocycles. The van der Waals surface area contributed by atoms with E-state index in [1.165, 1.54) is 38.5 Å². The fraction of sp³-hybridized carbons (Fsp3) is 0.611. The Labute approximate surface area is 138 Å². The van der Waals surface area contributed by atoms with Crippen molar-refractivity contribution in [1.82, 2.24) is 0 Å². The van der Waals surface area contributed by atoms with Crippen LogP contribution in [0.2, 0.25) is 0 Å². The van der Waals surface area contributed by atoms with Gasteiger partial charge in [0.25, 0.3) is 0 Å². The topological polar surface area (TPSA) is 68.9 Å². The molecule has 0 aromatic heterocycles. The van der Waals surface area contributed by atoms with Crippen LogP contribution >= 0.6 is 0 Å². The summed E-state index contributed by atoms with van der Waals surface area (Å²) in [5, 5.41) is 3.10. The van der Waals surface area contributed by atoms with E-state index in [0.717, 1.165) is 17.9 Å². The van der Waals surface area contributed by atoms with Crippen LogP contribution in [-0.2, 0) is 4.74 Å². The first-order valence-electron chi connectivity index (χ1n) is 8.58. The van der Waals surface area contributed by atoms with Gasteiger partial charge in [0, 0.05) is 11.8 Å². The van der Waals surface area contributed by atoms with Gasteiger partial charge in [-0.2, -0.15) is 0 Å². The maximum absolute atomic E-state index is 6.32. The Balaban J connectivity index is 1.51. The van der Waals surface area contributed by atoms with Gasteiger partial charge in [-0.1, -0.05) is 25.3 Å². The smallest absolute Gasteiger partial charge is 0.193 e. The molecule has 0 amide bonds. The molecule has 1 spiro atoms. The molecule has 2 fully saturated rings. The molecule has 1 atom stereocenters. The number of nitrogens with zero attached hydrogens (tertiary/aromatic N) is 1. The lowest BCUT2D eigenvalue weighted by Crippen LogP contribution is -2.32.